The van der Waals surface area contributed by atoms with E-state index in [1.807, 2.05) is 0 Å². The first kappa shape index (κ1) is 16.3. The molecule has 2 aromatic carbocycles. The number of fused-ring (bicyclic) bond motifs is 1. The van der Waals surface area contributed by atoms with E-state index in [0.29, 0.717) is 17.9 Å². The molecule has 4 rings (SSSR count). The molecule has 1 N–H and O–H groups in total. The molecule has 2 atom stereocenters. The van der Waals surface area contributed by atoms with Crippen LogP contribution in [-0.4, -0.2) is 23.7 Å². The minimum absolute atomic E-state index is 0.315. The summed E-state index contributed by atoms with van der Waals surface area (Å²) in [5, 5.41) is 4.65. The standard InChI is InChI=1S/C22H27N3/c1-16(2)18-8-10-19(11-9-18)22-20-15-25(13-12-21(20)23-24-22)14-17-6-4-3-5-7-17/h3-11,16,20,22,24H,12-15H2,1-2H3. The van der Waals surface area contributed by atoms with Crippen LogP contribution in [0.25, 0.3) is 0 Å². The normalized spacial score (nSPS) is 23.2. The lowest BCUT2D eigenvalue weighted by Gasteiger charge is -2.33. The van der Waals surface area contributed by atoms with Crippen LogP contribution in [0.5, 0.6) is 0 Å². The van der Waals surface area contributed by atoms with E-state index < -0.39 is 0 Å². The van der Waals surface area contributed by atoms with Crippen molar-refractivity contribution in [2.45, 2.75) is 38.8 Å². The van der Waals surface area contributed by atoms with Gasteiger partial charge in [-0.25, -0.2) is 0 Å². The van der Waals surface area contributed by atoms with Gasteiger partial charge in [-0.15, -0.1) is 0 Å². The van der Waals surface area contributed by atoms with E-state index >= 15 is 0 Å². The molecule has 3 heteroatoms. The number of nitrogens with zero attached hydrogens (tertiary/aromatic N) is 2. The maximum atomic E-state index is 4.65. The van der Waals surface area contributed by atoms with Crippen LogP contribution in [0.4, 0.5) is 0 Å². The molecule has 2 aliphatic heterocycles. The van der Waals surface area contributed by atoms with Crippen molar-refractivity contribution in [3.63, 3.8) is 0 Å². The van der Waals surface area contributed by atoms with Crippen molar-refractivity contribution in [2.24, 2.45) is 11.0 Å². The molecule has 130 valence electrons. The highest BCUT2D eigenvalue weighted by Crippen LogP contribution is 2.33. The molecule has 25 heavy (non-hydrogen) atoms. The molecule has 2 heterocycles. The number of hydrogen-bond donors (Lipinski definition) is 1. The Labute approximate surface area is 150 Å². The number of rotatable bonds is 4. The van der Waals surface area contributed by atoms with Gasteiger partial charge >= 0.3 is 0 Å². The van der Waals surface area contributed by atoms with Crippen molar-refractivity contribution >= 4 is 5.71 Å². The molecule has 0 amide bonds. The first-order valence-electron chi connectivity index (χ1n) is 9.39. The molecule has 3 nitrogen and oxygen atoms in total. The molecule has 0 aromatic heterocycles. The summed E-state index contributed by atoms with van der Waals surface area (Å²) in [5.41, 5.74) is 8.91. The predicted molar refractivity (Wildman–Crippen MR) is 104 cm³/mol. The van der Waals surface area contributed by atoms with E-state index in [2.05, 4.69) is 83.9 Å². The van der Waals surface area contributed by atoms with Gasteiger partial charge in [0, 0.05) is 37.7 Å². The zero-order chi connectivity index (χ0) is 17.2. The maximum absolute atomic E-state index is 4.65. The van der Waals surface area contributed by atoms with Crippen molar-refractivity contribution in [1.82, 2.24) is 10.3 Å². The summed E-state index contributed by atoms with van der Waals surface area (Å²) in [6.45, 7) is 7.70. The van der Waals surface area contributed by atoms with Gasteiger partial charge in [-0.2, -0.15) is 5.10 Å². The fraction of sp³-hybridized carbons (Fsp3) is 0.409. The number of likely N-dealkylation sites (tertiary alicyclic amines) is 1. The van der Waals surface area contributed by atoms with Gasteiger partial charge in [0.15, 0.2) is 0 Å². The lowest BCUT2D eigenvalue weighted by Crippen LogP contribution is -2.41. The van der Waals surface area contributed by atoms with Gasteiger partial charge in [-0.05, 0) is 22.6 Å². The number of benzene rings is 2. The van der Waals surface area contributed by atoms with Crippen LogP contribution in [0, 0.1) is 5.92 Å². The third-order valence-electron chi connectivity index (χ3n) is 5.53. The van der Waals surface area contributed by atoms with E-state index in [1.165, 1.54) is 22.4 Å². The zero-order valence-electron chi connectivity index (χ0n) is 15.2. The van der Waals surface area contributed by atoms with E-state index in [-0.39, 0.29) is 0 Å². The van der Waals surface area contributed by atoms with Crippen molar-refractivity contribution < 1.29 is 0 Å². The lowest BCUT2D eigenvalue weighted by molar-refractivity contribution is 0.220. The van der Waals surface area contributed by atoms with Crippen LogP contribution in [0.3, 0.4) is 0 Å². The Hall–Kier alpha value is -2.13. The molecular formula is C22H27N3. The quantitative estimate of drug-likeness (QED) is 0.902. The first-order chi connectivity index (χ1) is 12.2. The third kappa shape index (κ3) is 3.47. The smallest absolute Gasteiger partial charge is 0.0782 e. The number of hydrogen-bond acceptors (Lipinski definition) is 3. The summed E-state index contributed by atoms with van der Waals surface area (Å²) in [6, 6.07) is 20.2. The van der Waals surface area contributed by atoms with Crippen molar-refractivity contribution in [2.75, 3.05) is 13.1 Å². The first-order valence-corrected chi connectivity index (χ1v) is 9.39. The molecule has 1 fully saturated rings. The molecule has 0 spiro atoms. The minimum atomic E-state index is 0.315. The maximum Gasteiger partial charge on any atom is 0.0782 e. The topological polar surface area (TPSA) is 27.6 Å². The molecule has 2 unspecified atom stereocenters. The third-order valence-corrected chi connectivity index (χ3v) is 5.53. The SMILES string of the molecule is CC(C)c1ccc(C2NN=C3CCN(Cc4ccccc4)CC32)cc1. The molecule has 0 aliphatic carbocycles. The molecule has 2 aliphatic rings. The Bertz CT molecular complexity index is 734. The van der Waals surface area contributed by atoms with Crippen LogP contribution >= 0.6 is 0 Å². The molecule has 0 radical (unpaired) electrons. The van der Waals surface area contributed by atoms with Gasteiger partial charge in [0.25, 0.3) is 0 Å². The van der Waals surface area contributed by atoms with Gasteiger partial charge in [0.2, 0.25) is 0 Å². The second kappa shape index (κ2) is 7.01. The number of nitrogens with one attached hydrogen (secondary N) is 1. The molecule has 0 saturated carbocycles. The predicted octanol–water partition coefficient (Wildman–Crippen LogP) is 4.33. The Morgan fingerprint density at radius 2 is 1.84 bits per heavy atom. The second-order valence-electron chi connectivity index (χ2n) is 7.61. The fourth-order valence-corrected chi connectivity index (χ4v) is 3.99. The van der Waals surface area contributed by atoms with Crippen LogP contribution < -0.4 is 5.43 Å². The molecule has 1 saturated heterocycles. The Balaban J connectivity index is 1.47. The average molecular weight is 333 g/mol. The van der Waals surface area contributed by atoms with Gasteiger partial charge in [0.05, 0.1) is 6.04 Å². The van der Waals surface area contributed by atoms with E-state index in [1.54, 1.807) is 0 Å². The van der Waals surface area contributed by atoms with E-state index in [4.69, 9.17) is 0 Å². The summed E-state index contributed by atoms with van der Waals surface area (Å²) in [4.78, 5) is 2.57. The van der Waals surface area contributed by atoms with Gasteiger partial charge < -0.3 is 5.43 Å². The summed E-state index contributed by atoms with van der Waals surface area (Å²) in [5.74, 6) is 1.07. The Morgan fingerprint density at radius 1 is 1.08 bits per heavy atom. The van der Waals surface area contributed by atoms with E-state index in [9.17, 15) is 0 Å². The van der Waals surface area contributed by atoms with Gasteiger partial charge in [0.1, 0.15) is 0 Å². The highest BCUT2D eigenvalue weighted by atomic mass is 15.4. The number of hydrazone groups is 1. The zero-order valence-corrected chi connectivity index (χ0v) is 15.2. The van der Waals surface area contributed by atoms with Gasteiger partial charge in [-0.1, -0.05) is 68.4 Å². The van der Waals surface area contributed by atoms with Crippen LogP contribution in [0.1, 0.15) is 48.9 Å². The van der Waals surface area contributed by atoms with Crippen molar-refractivity contribution in [1.29, 1.82) is 0 Å². The summed E-state index contributed by atoms with van der Waals surface area (Å²) in [7, 11) is 0. The van der Waals surface area contributed by atoms with Crippen LogP contribution in [0.2, 0.25) is 0 Å². The highest BCUT2D eigenvalue weighted by Gasteiger charge is 2.36. The fourth-order valence-electron chi connectivity index (χ4n) is 3.99. The van der Waals surface area contributed by atoms with Crippen LogP contribution in [0.15, 0.2) is 59.7 Å². The molecule has 0 bridgehead atoms. The molecule has 2 aromatic rings. The largest absolute Gasteiger partial charge is 0.302 e. The summed E-state index contributed by atoms with van der Waals surface area (Å²) in [6.07, 6.45) is 1.07. The highest BCUT2D eigenvalue weighted by molar-refractivity contribution is 5.89. The molecular weight excluding hydrogens is 306 g/mol. The summed E-state index contributed by atoms with van der Waals surface area (Å²) >= 11 is 0. The second-order valence-corrected chi connectivity index (χ2v) is 7.61. The lowest BCUT2D eigenvalue weighted by atomic mass is 9.85. The average Bonchev–Trinajstić information content (AvgIpc) is 3.06. The van der Waals surface area contributed by atoms with Crippen LogP contribution in [-0.2, 0) is 6.54 Å². The summed E-state index contributed by atoms with van der Waals surface area (Å²) < 4.78 is 0. The minimum Gasteiger partial charge on any atom is -0.302 e. The Morgan fingerprint density at radius 3 is 2.56 bits per heavy atom. The van der Waals surface area contributed by atoms with Crippen molar-refractivity contribution in [3.8, 4) is 0 Å². The van der Waals surface area contributed by atoms with E-state index in [0.717, 1.165) is 26.1 Å². The number of piperidine rings is 1. The monoisotopic (exact) mass is 333 g/mol. The van der Waals surface area contributed by atoms with Crippen molar-refractivity contribution in [3.05, 3.63) is 71.3 Å². The Kier molecular flexibility index (Phi) is 4.58. The van der Waals surface area contributed by atoms with Gasteiger partial charge in [-0.3, -0.25) is 4.90 Å².